The molecule has 0 radical (unpaired) electrons. The van der Waals surface area contributed by atoms with Crippen LogP contribution in [0, 0.1) is 12.8 Å². The SMILES string of the molecule is CS(=O)(=O)CC1CNC1.Cc1ccc(S(=O)(=O)O)cc1. The van der Waals surface area contributed by atoms with E-state index in [0.29, 0.717) is 11.7 Å². The highest BCUT2D eigenvalue weighted by atomic mass is 32.2. The zero-order valence-electron chi connectivity index (χ0n) is 11.4. The first kappa shape index (κ1) is 17.1. The van der Waals surface area contributed by atoms with Crippen molar-refractivity contribution in [1.82, 2.24) is 5.32 Å². The predicted octanol–water partition coefficient (Wildman–Crippen LogP) is 0.492. The maximum atomic E-state index is 10.6. The van der Waals surface area contributed by atoms with Gasteiger partial charge in [-0.25, -0.2) is 8.42 Å². The fraction of sp³-hybridized carbons (Fsp3) is 0.500. The number of nitrogens with one attached hydrogen (secondary N) is 1. The standard InChI is InChI=1S/C7H8O3S.C5H11NO2S/c1-6-2-4-7(5-3-6)11(8,9)10;1-9(7,8)4-5-2-6-3-5/h2-5H,1H3,(H,8,9,10);5-6H,2-4H2,1H3. The van der Waals surface area contributed by atoms with Crippen LogP contribution in [-0.2, 0) is 20.0 Å². The van der Waals surface area contributed by atoms with Crippen molar-refractivity contribution in [1.29, 1.82) is 0 Å². The van der Waals surface area contributed by atoms with Crippen LogP contribution in [0.2, 0.25) is 0 Å². The quantitative estimate of drug-likeness (QED) is 0.786. The topological polar surface area (TPSA) is 101 Å². The van der Waals surface area contributed by atoms with E-state index < -0.39 is 20.0 Å². The molecular weight excluding hydrogens is 302 g/mol. The molecule has 0 atom stereocenters. The molecule has 1 heterocycles. The third kappa shape index (κ3) is 6.47. The molecule has 1 saturated heterocycles. The zero-order chi connectivity index (χ0) is 15.4. The average Bonchev–Trinajstić information content (AvgIpc) is 2.23. The monoisotopic (exact) mass is 321 g/mol. The first-order chi connectivity index (χ1) is 9.08. The summed E-state index contributed by atoms with van der Waals surface area (Å²) < 4.78 is 50.8. The van der Waals surface area contributed by atoms with E-state index in [2.05, 4.69) is 5.32 Å². The van der Waals surface area contributed by atoms with Gasteiger partial charge < -0.3 is 5.32 Å². The molecule has 1 aromatic rings. The number of hydrogen-bond donors (Lipinski definition) is 2. The van der Waals surface area contributed by atoms with E-state index in [1.807, 2.05) is 6.92 Å². The van der Waals surface area contributed by atoms with E-state index in [4.69, 9.17) is 4.55 Å². The van der Waals surface area contributed by atoms with E-state index in [0.717, 1.165) is 18.7 Å². The predicted molar refractivity (Wildman–Crippen MR) is 77.1 cm³/mol. The Kier molecular flexibility index (Phi) is 5.69. The van der Waals surface area contributed by atoms with Crippen molar-refractivity contribution in [3.8, 4) is 0 Å². The van der Waals surface area contributed by atoms with Gasteiger partial charge >= 0.3 is 0 Å². The lowest BCUT2D eigenvalue weighted by molar-refractivity contribution is 0.379. The fourth-order valence-corrected chi connectivity index (χ4v) is 3.18. The molecule has 0 spiro atoms. The molecule has 0 aromatic heterocycles. The van der Waals surface area contributed by atoms with Crippen LogP contribution < -0.4 is 5.32 Å². The maximum Gasteiger partial charge on any atom is 0.294 e. The van der Waals surface area contributed by atoms with Crippen molar-refractivity contribution in [3.63, 3.8) is 0 Å². The molecular formula is C12H19NO5S2. The van der Waals surface area contributed by atoms with Gasteiger partial charge in [-0.1, -0.05) is 17.7 Å². The Morgan fingerprint density at radius 2 is 1.65 bits per heavy atom. The highest BCUT2D eigenvalue weighted by Gasteiger charge is 2.20. The Bertz CT molecular complexity index is 631. The lowest BCUT2D eigenvalue weighted by Crippen LogP contribution is -2.45. The Morgan fingerprint density at radius 1 is 1.15 bits per heavy atom. The zero-order valence-corrected chi connectivity index (χ0v) is 13.0. The van der Waals surface area contributed by atoms with E-state index in [1.54, 1.807) is 12.1 Å². The van der Waals surface area contributed by atoms with Gasteiger partial charge in [-0.15, -0.1) is 0 Å². The number of benzene rings is 1. The van der Waals surface area contributed by atoms with Crippen LogP contribution in [0.4, 0.5) is 0 Å². The van der Waals surface area contributed by atoms with Crippen molar-refractivity contribution >= 4 is 20.0 Å². The minimum absolute atomic E-state index is 0.0666. The molecule has 8 heteroatoms. The molecule has 0 aliphatic carbocycles. The molecule has 20 heavy (non-hydrogen) atoms. The van der Waals surface area contributed by atoms with Gasteiger partial charge in [0, 0.05) is 19.3 Å². The van der Waals surface area contributed by atoms with Crippen LogP contribution in [-0.4, -0.2) is 46.5 Å². The van der Waals surface area contributed by atoms with Gasteiger partial charge in [0.15, 0.2) is 0 Å². The molecule has 2 rings (SSSR count). The Labute approximate surface area is 119 Å². The van der Waals surface area contributed by atoms with E-state index >= 15 is 0 Å². The first-order valence-corrected chi connectivity index (χ1v) is 9.50. The third-order valence-corrected chi connectivity index (χ3v) is 4.67. The Hall–Kier alpha value is -0.960. The van der Waals surface area contributed by atoms with Crippen LogP contribution in [0.3, 0.4) is 0 Å². The van der Waals surface area contributed by atoms with E-state index in [-0.39, 0.29) is 4.90 Å². The summed E-state index contributed by atoms with van der Waals surface area (Å²) in [5, 5.41) is 3.02. The summed E-state index contributed by atoms with van der Waals surface area (Å²) in [4.78, 5) is -0.0666. The van der Waals surface area contributed by atoms with Crippen molar-refractivity contribution in [2.45, 2.75) is 11.8 Å². The minimum atomic E-state index is -4.02. The van der Waals surface area contributed by atoms with Crippen LogP contribution in [0.1, 0.15) is 5.56 Å². The molecule has 1 aliphatic rings. The molecule has 0 bridgehead atoms. The van der Waals surface area contributed by atoms with Gasteiger partial charge in [-0.05, 0) is 25.0 Å². The number of sulfone groups is 1. The van der Waals surface area contributed by atoms with E-state index in [1.165, 1.54) is 18.4 Å². The molecule has 1 aliphatic heterocycles. The van der Waals surface area contributed by atoms with Crippen LogP contribution in [0.25, 0.3) is 0 Å². The van der Waals surface area contributed by atoms with Crippen LogP contribution >= 0.6 is 0 Å². The van der Waals surface area contributed by atoms with Crippen LogP contribution in [0.5, 0.6) is 0 Å². The van der Waals surface area contributed by atoms with Gasteiger partial charge in [-0.3, -0.25) is 4.55 Å². The fourth-order valence-electron chi connectivity index (χ4n) is 1.60. The summed E-state index contributed by atoms with van der Waals surface area (Å²) in [6.07, 6.45) is 1.28. The Morgan fingerprint density at radius 3 is 1.90 bits per heavy atom. The summed E-state index contributed by atoms with van der Waals surface area (Å²) in [7, 11) is -6.74. The second kappa shape index (κ2) is 6.66. The molecule has 114 valence electrons. The van der Waals surface area contributed by atoms with Gasteiger partial charge in [0.2, 0.25) is 0 Å². The summed E-state index contributed by atoms with van der Waals surface area (Å²) >= 11 is 0. The third-order valence-electron chi connectivity index (χ3n) is 2.72. The second-order valence-electron chi connectivity index (χ2n) is 4.90. The van der Waals surface area contributed by atoms with E-state index in [9.17, 15) is 16.8 Å². The van der Waals surface area contributed by atoms with Crippen LogP contribution in [0.15, 0.2) is 29.2 Å². The first-order valence-electron chi connectivity index (χ1n) is 6.00. The molecule has 1 aromatic carbocycles. The van der Waals surface area contributed by atoms with Crippen molar-refractivity contribution in [3.05, 3.63) is 29.8 Å². The minimum Gasteiger partial charge on any atom is -0.316 e. The molecule has 1 fully saturated rings. The number of aryl methyl sites for hydroxylation is 1. The maximum absolute atomic E-state index is 10.6. The smallest absolute Gasteiger partial charge is 0.294 e. The molecule has 0 unspecified atom stereocenters. The molecule has 2 N–H and O–H groups in total. The molecule has 6 nitrogen and oxygen atoms in total. The number of rotatable bonds is 3. The van der Waals surface area contributed by atoms with Gasteiger partial charge in [0.1, 0.15) is 9.84 Å². The summed E-state index contributed by atoms with van der Waals surface area (Å²) in [5.74, 6) is 0.722. The van der Waals surface area contributed by atoms with Gasteiger partial charge in [-0.2, -0.15) is 8.42 Å². The van der Waals surface area contributed by atoms with Crippen molar-refractivity contribution in [2.75, 3.05) is 25.1 Å². The van der Waals surface area contributed by atoms with Crippen molar-refractivity contribution in [2.24, 2.45) is 5.92 Å². The largest absolute Gasteiger partial charge is 0.316 e. The lowest BCUT2D eigenvalue weighted by atomic mass is 10.1. The summed E-state index contributed by atoms with van der Waals surface area (Å²) in [5.41, 5.74) is 0.956. The number of hydrogen-bond acceptors (Lipinski definition) is 5. The second-order valence-corrected chi connectivity index (χ2v) is 8.51. The molecule has 0 saturated carbocycles. The summed E-state index contributed by atoms with van der Waals surface area (Å²) in [6.45, 7) is 3.58. The Balaban J connectivity index is 0.000000204. The van der Waals surface area contributed by atoms with Crippen molar-refractivity contribution < 1.29 is 21.4 Å². The normalized spacial score (nSPS) is 15.9. The van der Waals surface area contributed by atoms with Gasteiger partial charge in [0.05, 0.1) is 10.6 Å². The van der Waals surface area contributed by atoms with Gasteiger partial charge in [0.25, 0.3) is 10.1 Å². The lowest BCUT2D eigenvalue weighted by Gasteiger charge is -2.25. The molecule has 0 amide bonds. The highest BCUT2D eigenvalue weighted by Crippen LogP contribution is 2.08. The average molecular weight is 321 g/mol. The summed E-state index contributed by atoms with van der Waals surface area (Å²) in [6, 6.07) is 5.99. The highest BCUT2D eigenvalue weighted by molar-refractivity contribution is 7.90.